The second-order valence-corrected chi connectivity index (χ2v) is 7.52. The third-order valence-electron chi connectivity index (χ3n) is 3.13. The van der Waals surface area contributed by atoms with Crippen LogP contribution in [-0.2, 0) is 10.2 Å². The quantitative estimate of drug-likeness (QED) is 0.726. The van der Waals surface area contributed by atoms with Crippen molar-refractivity contribution < 1.29 is 8.42 Å². The third kappa shape index (κ3) is 5.12. The normalized spacial score (nSPS) is 18.8. The zero-order valence-electron chi connectivity index (χ0n) is 10.7. The van der Waals surface area contributed by atoms with Crippen molar-refractivity contribution in [1.29, 1.82) is 0 Å². The van der Waals surface area contributed by atoms with E-state index in [4.69, 9.17) is 11.6 Å². The summed E-state index contributed by atoms with van der Waals surface area (Å²) >= 11 is 5.65. The van der Waals surface area contributed by atoms with E-state index in [1.807, 2.05) is 0 Å². The van der Waals surface area contributed by atoms with Crippen LogP contribution in [-0.4, -0.2) is 38.2 Å². The van der Waals surface area contributed by atoms with Crippen LogP contribution >= 0.6 is 11.6 Å². The molecule has 0 unspecified atom stereocenters. The molecule has 1 N–H and O–H groups in total. The summed E-state index contributed by atoms with van der Waals surface area (Å²) < 4.78 is 28.1. The van der Waals surface area contributed by atoms with E-state index < -0.39 is 10.2 Å². The molecule has 6 heteroatoms. The van der Waals surface area contributed by atoms with Crippen molar-refractivity contribution in [1.82, 2.24) is 9.03 Å². The summed E-state index contributed by atoms with van der Waals surface area (Å²) in [6.07, 6.45) is 3.78. The zero-order chi connectivity index (χ0) is 12.9. The van der Waals surface area contributed by atoms with Crippen LogP contribution in [0, 0.1) is 5.41 Å². The Balaban J connectivity index is 2.43. The van der Waals surface area contributed by atoms with Crippen LogP contribution in [0.2, 0.25) is 0 Å². The Morgan fingerprint density at radius 2 is 1.88 bits per heavy atom. The van der Waals surface area contributed by atoms with Gasteiger partial charge in [0.2, 0.25) is 0 Å². The second kappa shape index (κ2) is 6.36. The van der Waals surface area contributed by atoms with Gasteiger partial charge in [0.05, 0.1) is 0 Å². The van der Waals surface area contributed by atoms with E-state index in [9.17, 15) is 8.42 Å². The lowest BCUT2D eigenvalue weighted by Gasteiger charge is -2.26. The first-order chi connectivity index (χ1) is 7.87. The lowest BCUT2D eigenvalue weighted by Crippen LogP contribution is -2.42. The van der Waals surface area contributed by atoms with Gasteiger partial charge in [-0.3, -0.25) is 0 Å². The lowest BCUT2D eigenvalue weighted by atomic mass is 9.88. The van der Waals surface area contributed by atoms with Gasteiger partial charge in [0.15, 0.2) is 0 Å². The third-order valence-corrected chi connectivity index (χ3v) is 4.95. The summed E-state index contributed by atoms with van der Waals surface area (Å²) in [5, 5.41) is 0. The van der Waals surface area contributed by atoms with E-state index in [0.29, 0.717) is 25.5 Å². The molecule has 0 aliphatic carbocycles. The van der Waals surface area contributed by atoms with Gasteiger partial charge in [-0.15, -0.1) is 11.6 Å². The maximum absolute atomic E-state index is 11.9. The van der Waals surface area contributed by atoms with Crippen molar-refractivity contribution in [3.8, 4) is 0 Å². The first kappa shape index (κ1) is 15.2. The molecule has 17 heavy (non-hydrogen) atoms. The molecule has 1 saturated heterocycles. The fraction of sp³-hybridized carbons (Fsp3) is 1.00. The highest BCUT2D eigenvalue weighted by Gasteiger charge is 2.27. The average molecular weight is 283 g/mol. The summed E-state index contributed by atoms with van der Waals surface area (Å²) in [6.45, 7) is 5.90. The van der Waals surface area contributed by atoms with Gasteiger partial charge in [-0.1, -0.05) is 13.8 Å². The lowest BCUT2D eigenvalue weighted by molar-refractivity contribution is 0.326. The summed E-state index contributed by atoms with van der Waals surface area (Å²) in [5.74, 6) is 0.627. The number of alkyl halides is 1. The Kier molecular flexibility index (Phi) is 5.70. The van der Waals surface area contributed by atoms with Crippen molar-refractivity contribution >= 4 is 21.8 Å². The minimum absolute atomic E-state index is 0.0400. The van der Waals surface area contributed by atoms with Gasteiger partial charge >= 0.3 is 0 Å². The minimum Gasteiger partial charge on any atom is -0.202 e. The first-order valence-corrected chi connectivity index (χ1v) is 8.15. The second-order valence-electron chi connectivity index (χ2n) is 5.39. The highest BCUT2D eigenvalue weighted by molar-refractivity contribution is 7.87. The van der Waals surface area contributed by atoms with Crippen LogP contribution in [0.3, 0.4) is 0 Å². The van der Waals surface area contributed by atoms with Crippen molar-refractivity contribution in [2.75, 3.05) is 25.5 Å². The fourth-order valence-electron chi connectivity index (χ4n) is 1.94. The maximum Gasteiger partial charge on any atom is 0.279 e. The SMILES string of the molecule is CC(C)(CCCCl)CNS(=O)(=O)N1CCCC1. The summed E-state index contributed by atoms with van der Waals surface area (Å²) in [5.41, 5.74) is -0.0400. The van der Waals surface area contributed by atoms with Crippen LogP contribution in [0.1, 0.15) is 39.5 Å². The molecule has 1 aliphatic rings. The molecule has 0 atom stereocenters. The Morgan fingerprint density at radius 1 is 1.29 bits per heavy atom. The molecular weight excluding hydrogens is 260 g/mol. The molecule has 102 valence electrons. The summed E-state index contributed by atoms with van der Waals surface area (Å²) in [4.78, 5) is 0. The number of halogens is 1. The highest BCUT2D eigenvalue weighted by Crippen LogP contribution is 2.22. The summed E-state index contributed by atoms with van der Waals surface area (Å²) in [7, 11) is -3.27. The zero-order valence-corrected chi connectivity index (χ0v) is 12.3. The van der Waals surface area contributed by atoms with E-state index in [0.717, 1.165) is 25.7 Å². The number of nitrogens with one attached hydrogen (secondary N) is 1. The molecule has 0 aromatic carbocycles. The predicted molar refractivity (Wildman–Crippen MR) is 71.5 cm³/mol. The van der Waals surface area contributed by atoms with Crippen LogP contribution in [0.4, 0.5) is 0 Å². The van der Waals surface area contributed by atoms with Gasteiger partial charge in [-0.05, 0) is 31.1 Å². The average Bonchev–Trinajstić information content (AvgIpc) is 2.78. The van der Waals surface area contributed by atoms with Crippen LogP contribution in [0.15, 0.2) is 0 Å². The Morgan fingerprint density at radius 3 is 2.41 bits per heavy atom. The van der Waals surface area contributed by atoms with Gasteiger partial charge in [0.1, 0.15) is 0 Å². The van der Waals surface area contributed by atoms with E-state index in [2.05, 4.69) is 18.6 Å². The molecule has 0 aromatic heterocycles. The molecule has 1 fully saturated rings. The topological polar surface area (TPSA) is 49.4 Å². The number of nitrogens with zero attached hydrogens (tertiary/aromatic N) is 1. The number of hydrogen-bond donors (Lipinski definition) is 1. The maximum atomic E-state index is 11.9. The number of hydrogen-bond acceptors (Lipinski definition) is 2. The van der Waals surface area contributed by atoms with Gasteiger partial charge in [-0.25, -0.2) is 4.72 Å². The summed E-state index contributed by atoms with van der Waals surface area (Å²) in [6, 6.07) is 0. The van der Waals surface area contributed by atoms with Gasteiger partial charge in [0, 0.05) is 25.5 Å². The highest BCUT2D eigenvalue weighted by atomic mass is 35.5. The fourth-order valence-corrected chi connectivity index (χ4v) is 3.57. The monoisotopic (exact) mass is 282 g/mol. The van der Waals surface area contributed by atoms with E-state index in [1.54, 1.807) is 0 Å². The molecular formula is C11H23ClN2O2S. The van der Waals surface area contributed by atoms with Gasteiger partial charge < -0.3 is 0 Å². The molecule has 1 aliphatic heterocycles. The van der Waals surface area contributed by atoms with Gasteiger partial charge in [0.25, 0.3) is 10.2 Å². The standard InChI is InChI=1S/C11H23ClN2O2S/c1-11(2,6-5-7-12)10-13-17(15,16)14-8-3-4-9-14/h13H,3-10H2,1-2H3. The molecule has 0 aromatic rings. The largest absolute Gasteiger partial charge is 0.279 e. The van der Waals surface area contributed by atoms with Crippen molar-refractivity contribution in [2.24, 2.45) is 5.41 Å². The Hall–Kier alpha value is 0.160. The molecule has 0 saturated carbocycles. The molecule has 1 heterocycles. The molecule has 4 nitrogen and oxygen atoms in total. The van der Waals surface area contributed by atoms with Crippen molar-refractivity contribution in [2.45, 2.75) is 39.5 Å². The molecule has 1 rings (SSSR count). The molecule has 0 bridgehead atoms. The molecule has 0 spiro atoms. The Bertz CT molecular complexity index is 324. The first-order valence-electron chi connectivity index (χ1n) is 6.18. The molecule has 0 amide bonds. The minimum atomic E-state index is -3.27. The van der Waals surface area contributed by atoms with E-state index in [-0.39, 0.29) is 5.41 Å². The number of rotatable bonds is 7. The van der Waals surface area contributed by atoms with Crippen molar-refractivity contribution in [3.05, 3.63) is 0 Å². The van der Waals surface area contributed by atoms with E-state index in [1.165, 1.54) is 4.31 Å². The smallest absolute Gasteiger partial charge is 0.202 e. The van der Waals surface area contributed by atoms with Crippen molar-refractivity contribution in [3.63, 3.8) is 0 Å². The predicted octanol–water partition coefficient (Wildman–Crippen LogP) is 1.96. The van der Waals surface area contributed by atoms with Gasteiger partial charge in [-0.2, -0.15) is 12.7 Å². The van der Waals surface area contributed by atoms with Crippen LogP contribution < -0.4 is 4.72 Å². The van der Waals surface area contributed by atoms with E-state index >= 15 is 0 Å². The molecule has 0 radical (unpaired) electrons. The van der Waals surface area contributed by atoms with Crippen LogP contribution in [0.25, 0.3) is 0 Å². The van der Waals surface area contributed by atoms with Crippen LogP contribution in [0.5, 0.6) is 0 Å². The Labute approximate surface area is 110 Å².